The van der Waals surface area contributed by atoms with Gasteiger partial charge < -0.3 is 19.2 Å². The summed E-state index contributed by atoms with van der Waals surface area (Å²) in [5.74, 6) is -0.150. The number of esters is 1. The highest BCUT2D eigenvalue weighted by atomic mass is 16.6. The number of aryl methyl sites for hydroxylation is 2. The van der Waals surface area contributed by atoms with Crippen molar-refractivity contribution in [3.63, 3.8) is 0 Å². The van der Waals surface area contributed by atoms with Crippen molar-refractivity contribution in [3.8, 4) is 5.75 Å². The van der Waals surface area contributed by atoms with E-state index in [1.165, 1.54) is 6.07 Å². The summed E-state index contributed by atoms with van der Waals surface area (Å²) in [7, 11) is 0. The summed E-state index contributed by atoms with van der Waals surface area (Å²) in [6.45, 7) is 12.9. The molecule has 1 atom stereocenters. The third kappa shape index (κ3) is 6.34. The van der Waals surface area contributed by atoms with Crippen molar-refractivity contribution < 1.29 is 23.5 Å². The van der Waals surface area contributed by atoms with Gasteiger partial charge in [-0.15, -0.1) is 0 Å². The van der Waals surface area contributed by atoms with E-state index in [1.807, 2.05) is 33.8 Å². The number of hydrogen-bond donors (Lipinski definition) is 1. The van der Waals surface area contributed by atoms with Gasteiger partial charge in [0.1, 0.15) is 23.0 Å². The summed E-state index contributed by atoms with van der Waals surface area (Å²) in [4.78, 5) is 36.8. The monoisotopic (exact) mass is 417 g/mol. The maximum absolute atomic E-state index is 12.9. The lowest BCUT2D eigenvalue weighted by molar-refractivity contribution is -0.137. The number of nitrogens with one attached hydrogen (secondary N) is 1. The van der Waals surface area contributed by atoms with E-state index in [0.29, 0.717) is 24.2 Å². The lowest BCUT2D eigenvalue weighted by Gasteiger charge is -2.24. The van der Waals surface area contributed by atoms with Crippen LogP contribution >= 0.6 is 0 Å². The molecule has 1 amide bonds. The quantitative estimate of drug-likeness (QED) is 0.422. The third-order valence-electron chi connectivity index (χ3n) is 4.41. The maximum atomic E-state index is 12.9. The Hall–Kier alpha value is -2.83. The van der Waals surface area contributed by atoms with Gasteiger partial charge in [0.25, 0.3) is 0 Å². The van der Waals surface area contributed by atoms with Crippen molar-refractivity contribution in [2.45, 2.75) is 73.0 Å². The molecule has 30 heavy (non-hydrogen) atoms. The standard InChI is InChI=1S/C23H31NO6/c1-8-15-11-16-14(4)10-20(25)28-19(16)12-18(15)29-21(26)17(9-13(2)3)24-22(27)30-23(5,6)7/h10-13,17H,8-9H2,1-7H3,(H,24,27)/t17-/m1/s1. The first-order valence-electron chi connectivity index (χ1n) is 10.2. The second kappa shape index (κ2) is 9.32. The van der Waals surface area contributed by atoms with Gasteiger partial charge in [-0.2, -0.15) is 0 Å². The van der Waals surface area contributed by atoms with Gasteiger partial charge in [0.2, 0.25) is 0 Å². The minimum absolute atomic E-state index is 0.139. The van der Waals surface area contributed by atoms with E-state index in [2.05, 4.69) is 5.32 Å². The smallest absolute Gasteiger partial charge is 0.408 e. The molecule has 2 aromatic rings. The lowest BCUT2D eigenvalue weighted by atomic mass is 10.0. The van der Waals surface area contributed by atoms with Crippen LogP contribution in [0.15, 0.2) is 27.4 Å². The molecule has 0 aliphatic heterocycles. The normalized spacial score (nSPS) is 12.7. The first-order valence-corrected chi connectivity index (χ1v) is 10.2. The van der Waals surface area contributed by atoms with E-state index in [0.717, 1.165) is 16.5 Å². The van der Waals surface area contributed by atoms with Crippen LogP contribution in [-0.2, 0) is 16.0 Å². The van der Waals surface area contributed by atoms with E-state index >= 15 is 0 Å². The minimum Gasteiger partial charge on any atom is -0.444 e. The Morgan fingerprint density at radius 1 is 1.17 bits per heavy atom. The van der Waals surface area contributed by atoms with E-state index in [-0.39, 0.29) is 5.92 Å². The summed E-state index contributed by atoms with van der Waals surface area (Å²) in [6, 6.07) is 3.97. The van der Waals surface area contributed by atoms with Gasteiger partial charge >= 0.3 is 17.7 Å². The average molecular weight is 418 g/mol. The molecular formula is C23H31NO6. The Morgan fingerprint density at radius 3 is 2.40 bits per heavy atom. The molecule has 0 aliphatic rings. The van der Waals surface area contributed by atoms with Gasteiger partial charge in [-0.25, -0.2) is 14.4 Å². The third-order valence-corrected chi connectivity index (χ3v) is 4.41. The molecule has 7 nitrogen and oxygen atoms in total. The summed E-state index contributed by atoms with van der Waals surface area (Å²) in [5.41, 5.74) is 0.789. The number of fused-ring (bicyclic) bond motifs is 1. The number of benzene rings is 1. The summed E-state index contributed by atoms with van der Waals surface area (Å²) in [5, 5.41) is 3.40. The van der Waals surface area contributed by atoms with Crippen molar-refractivity contribution in [2.75, 3.05) is 0 Å². The number of carbonyl (C=O) groups is 2. The predicted octanol–water partition coefficient (Wildman–Crippen LogP) is 4.51. The Balaban J connectivity index is 2.32. The predicted molar refractivity (Wildman–Crippen MR) is 115 cm³/mol. The zero-order chi connectivity index (χ0) is 22.6. The number of alkyl carbamates (subject to hydrolysis) is 1. The first-order chi connectivity index (χ1) is 13.9. The van der Waals surface area contributed by atoms with E-state index in [1.54, 1.807) is 26.8 Å². The van der Waals surface area contributed by atoms with Gasteiger partial charge in [0, 0.05) is 17.5 Å². The molecule has 1 aromatic carbocycles. The Labute approximate surface area is 176 Å². The molecule has 0 saturated carbocycles. The fourth-order valence-corrected chi connectivity index (χ4v) is 3.08. The second-order valence-corrected chi connectivity index (χ2v) is 8.81. The van der Waals surface area contributed by atoms with Gasteiger partial charge in [0.15, 0.2) is 0 Å². The van der Waals surface area contributed by atoms with Gasteiger partial charge in [-0.05, 0) is 63.6 Å². The molecule has 2 rings (SSSR count). The number of carbonyl (C=O) groups excluding carboxylic acids is 2. The molecule has 164 valence electrons. The molecule has 0 unspecified atom stereocenters. The Kier molecular flexibility index (Phi) is 7.29. The number of amides is 1. The molecule has 0 fully saturated rings. The van der Waals surface area contributed by atoms with E-state index in [4.69, 9.17) is 13.9 Å². The fourth-order valence-electron chi connectivity index (χ4n) is 3.08. The fraction of sp³-hybridized carbons (Fsp3) is 0.522. The Morgan fingerprint density at radius 2 is 1.83 bits per heavy atom. The molecule has 1 heterocycles. The maximum Gasteiger partial charge on any atom is 0.408 e. The first kappa shape index (κ1) is 23.4. The highest BCUT2D eigenvalue weighted by molar-refractivity contribution is 5.86. The second-order valence-electron chi connectivity index (χ2n) is 8.81. The summed E-state index contributed by atoms with van der Waals surface area (Å²) in [6.07, 6.45) is 0.327. The SMILES string of the molecule is CCc1cc2c(C)cc(=O)oc2cc1OC(=O)[C@@H](CC(C)C)NC(=O)OC(C)(C)C. The van der Waals surface area contributed by atoms with Gasteiger partial charge in [-0.3, -0.25) is 0 Å². The zero-order valence-electron chi connectivity index (χ0n) is 18.8. The molecule has 7 heteroatoms. The summed E-state index contributed by atoms with van der Waals surface area (Å²) >= 11 is 0. The van der Waals surface area contributed by atoms with Crippen molar-refractivity contribution in [3.05, 3.63) is 39.7 Å². The molecule has 0 spiro atoms. The van der Waals surface area contributed by atoms with Crippen LogP contribution in [0.5, 0.6) is 5.75 Å². The van der Waals surface area contributed by atoms with Crippen LogP contribution in [0.4, 0.5) is 4.79 Å². The van der Waals surface area contributed by atoms with Gasteiger partial charge in [0.05, 0.1) is 0 Å². The van der Waals surface area contributed by atoms with Crippen LogP contribution < -0.4 is 15.7 Å². The zero-order valence-corrected chi connectivity index (χ0v) is 18.8. The van der Waals surface area contributed by atoms with Crippen LogP contribution in [0.1, 0.15) is 59.1 Å². The highest BCUT2D eigenvalue weighted by Gasteiger charge is 2.27. The largest absolute Gasteiger partial charge is 0.444 e. The topological polar surface area (TPSA) is 94.8 Å². The molecule has 0 radical (unpaired) electrons. The molecular weight excluding hydrogens is 386 g/mol. The number of ether oxygens (including phenoxy) is 2. The van der Waals surface area contributed by atoms with Crippen molar-refractivity contribution in [1.29, 1.82) is 0 Å². The molecule has 0 bridgehead atoms. The van der Waals surface area contributed by atoms with Crippen molar-refractivity contribution in [2.24, 2.45) is 5.92 Å². The van der Waals surface area contributed by atoms with Crippen molar-refractivity contribution in [1.82, 2.24) is 5.32 Å². The molecule has 1 N–H and O–H groups in total. The van der Waals surface area contributed by atoms with E-state index in [9.17, 15) is 14.4 Å². The molecule has 0 aliphatic carbocycles. The van der Waals surface area contributed by atoms with Crippen LogP contribution in [0.2, 0.25) is 0 Å². The molecule has 0 saturated heterocycles. The number of hydrogen-bond acceptors (Lipinski definition) is 6. The van der Waals surface area contributed by atoms with Gasteiger partial charge in [-0.1, -0.05) is 20.8 Å². The molecule has 1 aromatic heterocycles. The average Bonchev–Trinajstić information content (AvgIpc) is 2.58. The number of rotatable bonds is 6. The lowest BCUT2D eigenvalue weighted by Crippen LogP contribution is -2.45. The Bertz CT molecular complexity index is 984. The van der Waals surface area contributed by atoms with Crippen LogP contribution in [0, 0.1) is 12.8 Å². The summed E-state index contributed by atoms with van der Waals surface area (Å²) < 4.78 is 16.2. The van der Waals surface area contributed by atoms with Crippen molar-refractivity contribution >= 4 is 23.0 Å². The minimum atomic E-state index is -0.871. The highest BCUT2D eigenvalue weighted by Crippen LogP contribution is 2.28. The van der Waals surface area contributed by atoms with Crippen LogP contribution in [-0.4, -0.2) is 23.7 Å². The van der Waals surface area contributed by atoms with Crippen LogP contribution in [0.3, 0.4) is 0 Å². The van der Waals surface area contributed by atoms with E-state index < -0.39 is 29.3 Å². The van der Waals surface area contributed by atoms with Crippen LogP contribution in [0.25, 0.3) is 11.0 Å².